The number of urea groups is 1. The zero-order valence-electron chi connectivity index (χ0n) is 11.3. The van der Waals surface area contributed by atoms with Gasteiger partial charge in [-0.1, -0.05) is 0 Å². The zero-order chi connectivity index (χ0) is 15.1. The fourth-order valence-electron chi connectivity index (χ4n) is 1.50. The molecule has 0 bridgehead atoms. The average Bonchev–Trinajstić information content (AvgIpc) is 2.38. The average molecular weight is 282 g/mol. The lowest BCUT2D eigenvalue weighted by Gasteiger charge is -2.17. The Morgan fingerprint density at radius 2 is 1.90 bits per heavy atom. The number of benzene rings is 1. The molecule has 0 spiro atoms. The number of hydrogen-bond acceptors (Lipinski definition) is 4. The number of aliphatic hydroxyl groups excluding tert-OH is 1. The molecule has 20 heavy (non-hydrogen) atoms. The number of ether oxygens (including phenoxy) is 1. The number of aliphatic hydroxyl groups is 1. The molecular formula is C13H18N2O5. The molecule has 0 aliphatic rings. The maximum Gasteiger partial charge on any atom is 0.328 e. The summed E-state index contributed by atoms with van der Waals surface area (Å²) in [6, 6.07) is 4.55. The van der Waals surface area contributed by atoms with Crippen LogP contribution in [0, 0.1) is 0 Å². The predicted octanol–water partition coefficient (Wildman–Crippen LogP) is 1.04. The number of hydrogen-bond donors (Lipinski definition) is 4. The number of amides is 2. The molecule has 1 aromatic rings. The Bertz CT molecular complexity index is 458. The van der Waals surface area contributed by atoms with Crippen LogP contribution in [0.3, 0.4) is 0 Å². The Labute approximate surface area is 116 Å². The third-order valence-corrected chi connectivity index (χ3v) is 2.46. The van der Waals surface area contributed by atoms with Crippen LogP contribution in [-0.4, -0.2) is 41.0 Å². The van der Waals surface area contributed by atoms with Crippen molar-refractivity contribution in [1.82, 2.24) is 5.32 Å². The Hall–Kier alpha value is -2.28. The monoisotopic (exact) mass is 282 g/mol. The normalized spacial score (nSPS) is 13.2. The fraction of sp³-hybridized carbons (Fsp3) is 0.385. The highest BCUT2D eigenvalue weighted by molar-refractivity contribution is 5.92. The van der Waals surface area contributed by atoms with Crippen molar-refractivity contribution in [2.45, 2.75) is 26.0 Å². The largest absolute Gasteiger partial charge is 0.494 e. The van der Waals surface area contributed by atoms with Crippen LogP contribution in [-0.2, 0) is 4.79 Å². The lowest BCUT2D eigenvalue weighted by Crippen LogP contribution is -2.49. The summed E-state index contributed by atoms with van der Waals surface area (Å²) in [5.41, 5.74) is 0.487. The van der Waals surface area contributed by atoms with E-state index in [1.54, 1.807) is 24.3 Å². The number of nitrogens with one attached hydrogen (secondary N) is 2. The van der Waals surface area contributed by atoms with Crippen molar-refractivity contribution in [3.05, 3.63) is 24.3 Å². The molecule has 0 aliphatic carbocycles. The van der Waals surface area contributed by atoms with Crippen molar-refractivity contribution in [1.29, 1.82) is 0 Å². The standard InChI is InChI=1S/C13H18N2O5/c1-3-20-10-6-4-9(5-7-10)14-13(19)15-11(8(2)16)12(17)18/h4-8,11,16H,3H2,1-2H3,(H,17,18)(H2,14,15,19). The summed E-state index contributed by atoms with van der Waals surface area (Å²) in [4.78, 5) is 22.4. The third-order valence-electron chi connectivity index (χ3n) is 2.46. The molecule has 2 unspecified atom stereocenters. The van der Waals surface area contributed by atoms with Gasteiger partial charge in [-0.3, -0.25) is 0 Å². The maximum absolute atomic E-state index is 11.6. The second-order valence-corrected chi connectivity index (χ2v) is 4.11. The molecule has 0 saturated heterocycles. The van der Waals surface area contributed by atoms with Crippen molar-refractivity contribution in [2.75, 3.05) is 11.9 Å². The minimum absolute atomic E-state index is 0.487. The number of carboxylic acids is 1. The van der Waals surface area contributed by atoms with Crippen LogP contribution in [0.25, 0.3) is 0 Å². The second kappa shape index (κ2) is 7.34. The smallest absolute Gasteiger partial charge is 0.328 e. The highest BCUT2D eigenvalue weighted by Crippen LogP contribution is 2.15. The van der Waals surface area contributed by atoms with Gasteiger partial charge in [-0.15, -0.1) is 0 Å². The molecule has 4 N–H and O–H groups in total. The Morgan fingerprint density at radius 1 is 1.30 bits per heavy atom. The van der Waals surface area contributed by atoms with Gasteiger partial charge in [0.25, 0.3) is 0 Å². The molecule has 2 atom stereocenters. The van der Waals surface area contributed by atoms with E-state index in [4.69, 9.17) is 9.84 Å². The van der Waals surface area contributed by atoms with E-state index in [1.165, 1.54) is 6.92 Å². The number of anilines is 1. The van der Waals surface area contributed by atoms with E-state index in [1.807, 2.05) is 6.92 Å². The van der Waals surface area contributed by atoms with Gasteiger partial charge in [0, 0.05) is 5.69 Å². The number of carbonyl (C=O) groups is 2. The number of aliphatic carboxylic acids is 1. The quantitative estimate of drug-likeness (QED) is 0.623. The minimum atomic E-state index is -1.36. The van der Waals surface area contributed by atoms with Crippen molar-refractivity contribution >= 4 is 17.7 Å². The maximum atomic E-state index is 11.6. The van der Waals surface area contributed by atoms with Gasteiger partial charge in [0.2, 0.25) is 0 Å². The van der Waals surface area contributed by atoms with Crippen LogP contribution in [0.4, 0.5) is 10.5 Å². The van der Waals surface area contributed by atoms with Crippen LogP contribution in [0.1, 0.15) is 13.8 Å². The molecule has 0 heterocycles. The van der Waals surface area contributed by atoms with Gasteiger partial charge in [0.15, 0.2) is 6.04 Å². The molecule has 1 rings (SSSR count). The van der Waals surface area contributed by atoms with Crippen molar-refractivity contribution in [2.24, 2.45) is 0 Å². The minimum Gasteiger partial charge on any atom is -0.494 e. The van der Waals surface area contributed by atoms with Gasteiger partial charge in [-0.25, -0.2) is 9.59 Å². The van der Waals surface area contributed by atoms with Crippen molar-refractivity contribution < 1.29 is 24.5 Å². The number of rotatable bonds is 6. The lowest BCUT2D eigenvalue weighted by molar-refractivity contribution is -0.141. The molecular weight excluding hydrogens is 264 g/mol. The van der Waals surface area contributed by atoms with Crippen LogP contribution >= 0.6 is 0 Å². The molecule has 7 nitrogen and oxygen atoms in total. The molecule has 0 fully saturated rings. The summed E-state index contributed by atoms with van der Waals surface area (Å²) >= 11 is 0. The van der Waals surface area contributed by atoms with Crippen LogP contribution < -0.4 is 15.4 Å². The molecule has 110 valence electrons. The summed E-state index contributed by atoms with van der Waals surface area (Å²) in [5.74, 6) is -0.632. The predicted molar refractivity (Wildman–Crippen MR) is 72.9 cm³/mol. The van der Waals surface area contributed by atoms with E-state index in [2.05, 4.69) is 10.6 Å². The first-order valence-corrected chi connectivity index (χ1v) is 6.15. The van der Waals surface area contributed by atoms with Gasteiger partial charge in [0.05, 0.1) is 12.7 Å². The van der Waals surface area contributed by atoms with E-state index >= 15 is 0 Å². The van der Waals surface area contributed by atoms with Crippen molar-refractivity contribution in [3.63, 3.8) is 0 Å². The highest BCUT2D eigenvalue weighted by atomic mass is 16.5. The summed E-state index contributed by atoms with van der Waals surface area (Å²) in [6.45, 7) is 3.69. The lowest BCUT2D eigenvalue weighted by atomic mass is 10.2. The molecule has 0 radical (unpaired) electrons. The molecule has 0 aliphatic heterocycles. The van der Waals surface area contributed by atoms with Crippen molar-refractivity contribution in [3.8, 4) is 5.75 Å². The Balaban J connectivity index is 2.59. The zero-order valence-corrected chi connectivity index (χ0v) is 11.3. The van der Waals surface area contributed by atoms with Crippen LogP contribution in [0.15, 0.2) is 24.3 Å². The highest BCUT2D eigenvalue weighted by Gasteiger charge is 2.24. The Kier molecular flexibility index (Phi) is 5.79. The summed E-state index contributed by atoms with van der Waals surface area (Å²) in [7, 11) is 0. The van der Waals surface area contributed by atoms with Gasteiger partial charge < -0.3 is 25.6 Å². The van der Waals surface area contributed by atoms with Gasteiger partial charge in [-0.2, -0.15) is 0 Å². The molecule has 1 aromatic carbocycles. The van der Waals surface area contributed by atoms with E-state index in [-0.39, 0.29) is 0 Å². The summed E-state index contributed by atoms with van der Waals surface area (Å²) in [5, 5.41) is 22.7. The summed E-state index contributed by atoms with van der Waals surface area (Å²) < 4.78 is 5.25. The topological polar surface area (TPSA) is 108 Å². The molecule has 0 saturated carbocycles. The number of carboxylic acid groups (broad SMARTS) is 1. The number of carbonyl (C=O) groups excluding carboxylic acids is 1. The van der Waals surface area contributed by atoms with E-state index in [0.717, 1.165) is 0 Å². The van der Waals surface area contributed by atoms with Gasteiger partial charge >= 0.3 is 12.0 Å². The SMILES string of the molecule is CCOc1ccc(NC(=O)NC(C(=O)O)C(C)O)cc1. The van der Waals surface area contributed by atoms with Crippen LogP contribution in [0.5, 0.6) is 5.75 Å². The molecule has 7 heteroatoms. The van der Waals surface area contributed by atoms with Gasteiger partial charge in [0.1, 0.15) is 5.75 Å². The van der Waals surface area contributed by atoms with E-state index in [9.17, 15) is 14.7 Å². The molecule has 2 amide bonds. The van der Waals surface area contributed by atoms with E-state index in [0.29, 0.717) is 18.0 Å². The first kappa shape index (κ1) is 15.8. The third kappa shape index (κ3) is 4.77. The first-order valence-electron chi connectivity index (χ1n) is 6.15. The molecule has 0 aromatic heterocycles. The first-order chi connectivity index (χ1) is 9.43. The van der Waals surface area contributed by atoms with Crippen LogP contribution in [0.2, 0.25) is 0 Å². The second-order valence-electron chi connectivity index (χ2n) is 4.11. The van der Waals surface area contributed by atoms with Gasteiger partial charge in [-0.05, 0) is 38.1 Å². The van der Waals surface area contributed by atoms with E-state index < -0.39 is 24.1 Å². The Morgan fingerprint density at radius 3 is 2.35 bits per heavy atom. The summed E-state index contributed by atoms with van der Waals surface area (Å²) in [6.07, 6.45) is -1.20. The fourth-order valence-corrected chi connectivity index (χ4v) is 1.50.